The maximum absolute atomic E-state index is 12.9. The zero-order chi connectivity index (χ0) is 21.9. The molecule has 2 aromatic carbocycles. The highest BCUT2D eigenvalue weighted by Gasteiger charge is 2.21. The first-order chi connectivity index (χ1) is 15.7. The lowest BCUT2D eigenvalue weighted by Crippen LogP contribution is -2.20. The lowest BCUT2D eigenvalue weighted by atomic mass is 9.94. The molecular weight excluding hydrogens is 400 g/mol. The monoisotopic (exact) mass is 422 g/mol. The van der Waals surface area contributed by atoms with E-state index in [0.717, 1.165) is 45.2 Å². The van der Waals surface area contributed by atoms with E-state index in [9.17, 15) is 4.79 Å². The zero-order valence-electron chi connectivity index (χ0n) is 17.6. The summed E-state index contributed by atoms with van der Waals surface area (Å²) in [5, 5.41) is 6.13. The van der Waals surface area contributed by atoms with Crippen LogP contribution >= 0.6 is 0 Å². The number of hydrogen-bond donors (Lipinski definition) is 2. The number of ether oxygens (including phenoxy) is 1. The Morgan fingerprint density at radius 2 is 1.97 bits per heavy atom. The SMILES string of the molecule is COC1=CCC(c2nc(C(=O)N/N=C/c3ccccc3)cc3c2[nH]c2ccccc23)C=C1. The molecule has 0 saturated heterocycles. The Labute approximate surface area is 185 Å². The number of benzene rings is 2. The Morgan fingerprint density at radius 1 is 1.16 bits per heavy atom. The van der Waals surface area contributed by atoms with Crippen molar-refractivity contribution >= 4 is 33.9 Å². The first-order valence-electron chi connectivity index (χ1n) is 10.4. The van der Waals surface area contributed by atoms with Gasteiger partial charge in [-0.25, -0.2) is 10.4 Å². The van der Waals surface area contributed by atoms with Crippen LogP contribution in [0.25, 0.3) is 21.8 Å². The summed E-state index contributed by atoms with van der Waals surface area (Å²) in [5.74, 6) is 0.516. The molecule has 2 N–H and O–H groups in total. The third-order valence-electron chi connectivity index (χ3n) is 5.59. The molecule has 1 aliphatic carbocycles. The van der Waals surface area contributed by atoms with Gasteiger partial charge >= 0.3 is 0 Å². The lowest BCUT2D eigenvalue weighted by molar-refractivity contribution is 0.0950. The maximum Gasteiger partial charge on any atom is 0.289 e. The number of nitrogens with zero attached hydrogens (tertiary/aromatic N) is 2. The van der Waals surface area contributed by atoms with E-state index in [1.54, 1.807) is 13.3 Å². The third kappa shape index (κ3) is 3.78. The highest BCUT2D eigenvalue weighted by atomic mass is 16.5. The van der Waals surface area contributed by atoms with Crippen molar-refractivity contribution in [1.82, 2.24) is 15.4 Å². The number of methoxy groups -OCH3 is 1. The Balaban J connectivity index is 1.53. The number of pyridine rings is 1. The molecule has 0 spiro atoms. The first kappa shape index (κ1) is 19.8. The van der Waals surface area contributed by atoms with Gasteiger partial charge in [0.05, 0.1) is 24.5 Å². The maximum atomic E-state index is 12.9. The number of amides is 1. The number of aromatic nitrogens is 2. The number of para-hydroxylation sites is 1. The molecule has 0 bridgehead atoms. The predicted octanol–water partition coefficient (Wildman–Crippen LogP) is 5.05. The second-order valence-electron chi connectivity index (χ2n) is 7.61. The molecule has 6 nitrogen and oxygen atoms in total. The van der Waals surface area contributed by atoms with Gasteiger partial charge in [-0.15, -0.1) is 0 Å². The molecule has 0 radical (unpaired) electrons. The quantitative estimate of drug-likeness (QED) is 0.349. The van der Waals surface area contributed by atoms with Gasteiger partial charge in [-0.2, -0.15) is 5.10 Å². The molecule has 158 valence electrons. The largest absolute Gasteiger partial charge is 0.497 e. The van der Waals surface area contributed by atoms with Gasteiger partial charge in [0.1, 0.15) is 11.5 Å². The van der Waals surface area contributed by atoms with E-state index in [1.807, 2.05) is 72.8 Å². The molecule has 2 heterocycles. The summed E-state index contributed by atoms with van der Waals surface area (Å²) in [6.07, 6.45) is 8.42. The van der Waals surface area contributed by atoms with Crippen molar-refractivity contribution in [2.45, 2.75) is 12.3 Å². The van der Waals surface area contributed by atoms with Crippen LogP contribution < -0.4 is 5.43 Å². The summed E-state index contributed by atoms with van der Waals surface area (Å²) in [6, 6.07) is 19.5. The van der Waals surface area contributed by atoms with Crippen LogP contribution in [0.4, 0.5) is 0 Å². The van der Waals surface area contributed by atoms with Gasteiger partial charge in [0.2, 0.25) is 0 Å². The van der Waals surface area contributed by atoms with Gasteiger partial charge in [0.25, 0.3) is 5.91 Å². The van der Waals surface area contributed by atoms with Crippen molar-refractivity contribution in [2.24, 2.45) is 5.10 Å². The normalized spacial score (nSPS) is 15.9. The van der Waals surface area contributed by atoms with Crippen molar-refractivity contribution < 1.29 is 9.53 Å². The third-order valence-corrected chi connectivity index (χ3v) is 5.59. The highest BCUT2D eigenvalue weighted by molar-refractivity contribution is 6.10. The summed E-state index contributed by atoms with van der Waals surface area (Å²) in [4.78, 5) is 21.2. The number of rotatable bonds is 5. The van der Waals surface area contributed by atoms with Crippen molar-refractivity contribution in [2.75, 3.05) is 7.11 Å². The molecule has 0 fully saturated rings. The standard InChI is InChI=1S/C26H22N4O2/c1-32-19-13-11-18(12-14-19)24-25-21(20-9-5-6-10-22(20)28-25)15-23(29-24)26(31)30-27-16-17-7-3-2-4-8-17/h2-11,13-16,18,28H,12H2,1H3,(H,30,31)/b27-16+. The van der Waals surface area contributed by atoms with Gasteiger partial charge in [-0.1, -0.05) is 54.6 Å². The molecular formula is C26H22N4O2. The van der Waals surface area contributed by atoms with Gasteiger partial charge in [0.15, 0.2) is 0 Å². The summed E-state index contributed by atoms with van der Waals surface area (Å²) in [5.41, 5.74) is 6.63. The number of fused-ring (bicyclic) bond motifs is 3. The minimum Gasteiger partial charge on any atom is -0.497 e. The molecule has 6 heteroatoms. The molecule has 1 amide bonds. The van der Waals surface area contributed by atoms with E-state index in [0.29, 0.717) is 5.69 Å². The fourth-order valence-electron chi connectivity index (χ4n) is 3.97. The van der Waals surface area contributed by atoms with E-state index in [-0.39, 0.29) is 11.8 Å². The number of H-pyrrole nitrogens is 1. The minimum atomic E-state index is -0.349. The van der Waals surface area contributed by atoms with Gasteiger partial charge in [0, 0.05) is 22.2 Å². The topological polar surface area (TPSA) is 79.4 Å². The predicted molar refractivity (Wildman–Crippen MR) is 127 cm³/mol. The molecule has 5 rings (SSSR count). The van der Waals surface area contributed by atoms with E-state index in [4.69, 9.17) is 9.72 Å². The fourth-order valence-corrected chi connectivity index (χ4v) is 3.97. The molecule has 0 saturated carbocycles. The molecule has 4 aromatic rings. The fraction of sp³-hybridized carbons (Fsp3) is 0.115. The Kier molecular flexibility index (Phi) is 5.25. The number of hydrogen-bond acceptors (Lipinski definition) is 4. The van der Waals surface area contributed by atoms with Crippen LogP contribution in [0.1, 0.15) is 34.1 Å². The number of allylic oxidation sites excluding steroid dienone is 3. The van der Waals surface area contributed by atoms with E-state index < -0.39 is 0 Å². The van der Waals surface area contributed by atoms with Crippen LogP contribution in [0.3, 0.4) is 0 Å². The van der Waals surface area contributed by atoms with Crippen LogP contribution in [0.15, 0.2) is 89.8 Å². The first-order valence-corrected chi connectivity index (χ1v) is 10.4. The molecule has 32 heavy (non-hydrogen) atoms. The molecule has 1 aliphatic rings. The summed E-state index contributed by atoms with van der Waals surface area (Å²) < 4.78 is 5.32. The molecule has 1 unspecified atom stereocenters. The van der Waals surface area contributed by atoms with Crippen LogP contribution in [0.2, 0.25) is 0 Å². The average Bonchev–Trinajstić information content (AvgIpc) is 3.23. The van der Waals surface area contributed by atoms with Gasteiger partial charge in [-0.05, 0) is 36.3 Å². The van der Waals surface area contributed by atoms with Crippen LogP contribution in [0.5, 0.6) is 0 Å². The molecule has 2 aromatic heterocycles. The summed E-state index contributed by atoms with van der Waals surface area (Å²) >= 11 is 0. The zero-order valence-corrected chi connectivity index (χ0v) is 17.6. The lowest BCUT2D eigenvalue weighted by Gasteiger charge is -2.17. The van der Waals surface area contributed by atoms with Crippen LogP contribution in [-0.2, 0) is 4.74 Å². The summed E-state index contributed by atoms with van der Waals surface area (Å²) in [6.45, 7) is 0. The number of hydrazone groups is 1. The van der Waals surface area contributed by atoms with Crippen LogP contribution in [0, 0.1) is 0 Å². The number of carbonyl (C=O) groups excluding carboxylic acids is 1. The Bertz CT molecular complexity index is 1380. The van der Waals surface area contributed by atoms with E-state index in [2.05, 4.69) is 21.6 Å². The smallest absolute Gasteiger partial charge is 0.289 e. The number of aromatic amines is 1. The van der Waals surface area contributed by atoms with E-state index >= 15 is 0 Å². The van der Waals surface area contributed by atoms with Crippen molar-refractivity contribution in [3.8, 4) is 0 Å². The minimum absolute atomic E-state index is 0.0324. The Hall–Kier alpha value is -4.19. The molecule has 1 atom stereocenters. The van der Waals surface area contributed by atoms with E-state index in [1.165, 1.54) is 0 Å². The summed E-state index contributed by atoms with van der Waals surface area (Å²) in [7, 11) is 1.66. The van der Waals surface area contributed by atoms with Gasteiger partial charge in [-0.3, -0.25) is 4.79 Å². The Morgan fingerprint density at radius 3 is 2.75 bits per heavy atom. The second-order valence-corrected chi connectivity index (χ2v) is 7.61. The van der Waals surface area contributed by atoms with Crippen molar-refractivity contribution in [3.63, 3.8) is 0 Å². The number of nitrogens with one attached hydrogen (secondary N) is 2. The highest BCUT2D eigenvalue weighted by Crippen LogP contribution is 2.34. The molecule has 0 aliphatic heterocycles. The second kappa shape index (κ2) is 8.51. The number of carbonyl (C=O) groups is 1. The average molecular weight is 422 g/mol. The van der Waals surface area contributed by atoms with Crippen molar-refractivity contribution in [3.05, 3.63) is 102 Å². The van der Waals surface area contributed by atoms with Crippen LogP contribution in [-0.4, -0.2) is 29.2 Å². The van der Waals surface area contributed by atoms with Gasteiger partial charge < -0.3 is 9.72 Å². The van der Waals surface area contributed by atoms with Crippen molar-refractivity contribution in [1.29, 1.82) is 0 Å².